The molecule has 20 heavy (non-hydrogen) atoms. The molecule has 0 aromatic rings. The van der Waals surface area contributed by atoms with Crippen molar-refractivity contribution >= 4 is 21.0 Å². The molecule has 1 fully saturated rings. The van der Waals surface area contributed by atoms with Gasteiger partial charge in [-0.05, 0) is 23.3 Å². The van der Waals surface area contributed by atoms with Crippen molar-refractivity contribution in [2.24, 2.45) is 5.92 Å². The molecule has 0 radical (unpaired) electrons. The van der Waals surface area contributed by atoms with E-state index in [1.54, 1.807) is 0 Å². The average Bonchev–Trinajstić information content (AvgIpc) is 3.11. The van der Waals surface area contributed by atoms with Crippen molar-refractivity contribution in [1.82, 2.24) is 0 Å². The van der Waals surface area contributed by atoms with E-state index in [9.17, 15) is 19.0 Å². The van der Waals surface area contributed by atoms with Crippen LogP contribution in [0.2, 0.25) is 0 Å². The summed E-state index contributed by atoms with van der Waals surface area (Å²) in [5, 5.41) is 30.0. The zero-order valence-electron chi connectivity index (χ0n) is 10.2. The van der Waals surface area contributed by atoms with E-state index in [0.29, 0.717) is 12.8 Å². The Hall–Kier alpha value is -0.440. The Morgan fingerprint density at radius 2 is 2.05 bits per heavy atom. The minimum absolute atomic E-state index is 0.209. The van der Waals surface area contributed by atoms with Crippen molar-refractivity contribution in [3.05, 3.63) is 0 Å². The molecule has 3 atom stereocenters. The van der Waals surface area contributed by atoms with Crippen LogP contribution in [0.1, 0.15) is 25.7 Å². The number of hydrogen-bond donors (Lipinski definition) is 4. The Bertz CT molecular complexity index is 421. The molecule has 0 aromatic heterocycles. The number of carboxylic acid groups (broad SMARTS) is 1. The quantitative estimate of drug-likeness (QED) is 0.260. The molecule has 0 aromatic carbocycles. The molecule has 0 spiro atoms. The lowest BCUT2D eigenvalue weighted by Gasteiger charge is -2.25. The molecule has 116 valence electrons. The van der Waals surface area contributed by atoms with Crippen molar-refractivity contribution in [1.29, 1.82) is 0 Å². The second kappa shape index (κ2) is 7.02. The standard InChI is InChI=1S/C8H14O10P2/c9-7(10)5-8(11,6-1-2-6)3-4-16-20(15,18-17-12)19(13)14/h6,11H,1-5H2,(H2-,9,10,12,13,14)/p+1. The number of aliphatic carboxylic acids is 1. The minimum Gasteiger partial charge on any atom is -0.481 e. The Labute approximate surface area is 114 Å². The molecule has 4 N–H and O–H groups in total. The van der Waals surface area contributed by atoms with Gasteiger partial charge in [-0.15, -0.1) is 0 Å². The number of carboxylic acids is 1. The van der Waals surface area contributed by atoms with Gasteiger partial charge in [-0.25, -0.2) is 9.82 Å². The van der Waals surface area contributed by atoms with E-state index in [2.05, 4.69) is 14.2 Å². The van der Waals surface area contributed by atoms with Crippen molar-refractivity contribution in [2.75, 3.05) is 6.61 Å². The monoisotopic (exact) mass is 333 g/mol. The predicted molar refractivity (Wildman–Crippen MR) is 62.7 cm³/mol. The first-order chi connectivity index (χ1) is 9.23. The molecule has 1 aliphatic rings. The van der Waals surface area contributed by atoms with E-state index in [-0.39, 0.29) is 12.3 Å². The van der Waals surface area contributed by atoms with Crippen LogP contribution in [0.15, 0.2) is 0 Å². The highest BCUT2D eigenvalue weighted by Gasteiger charge is 2.52. The van der Waals surface area contributed by atoms with Gasteiger partial charge in [0.25, 0.3) is 0 Å². The summed E-state index contributed by atoms with van der Waals surface area (Å²) in [5.41, 5.74) is -1.54. The number of rotatable bonds is 10. The fourth-order valence-corrected chi connectivity index (χ4v) is 3.21. The second-order valence-corrected chi connectivity index (χ2v) is 8.75. The SMILES string of the molecule is O=C(O)CC(O)(CCOP(=O)(OOO)[P+](=O)O)C1CC1. The summed E-state index contributed by atoms with van der Waals surface area (Å²) in [5.74, 6) is -1.41. The van der Waals surface area contributed by atoms with Gasteiger partial charge in [-0.2, -0.15) is 4.89 Å². The van der Waals surface area contributed by atoms with E-state index < -0.39 is 39.6 Å². The van der Waals surface area contributed by atoms with Crippen LogP contribution in [-0.2, 0) is 28.2 Å². The van der Waals surface area contributed by atoms with Gasteiger partial charge in [-0.3, -0.25) is 9.32 Å². The Morgan fingerprint density at radius 1 is 1.45 bits per heavy atom. The lowest BCUT2D eigenvalue weighted by molar-refractivity contribution is -0.441. The van der Waals surface area contributed by atoms with E-state index in [0.717, 1.165) is 0 Å². The third-order valence-corrected chi connectivity index (χ3v) is 5.91. The van der Waals surface area contributed by atoms with Crippen LogP contribution in [0, 0.1) is 5.92 Å². The average molecular weight is 333 g/mol. The fraction of sp³-hybridized carbons (Fsp3) is 0.875. The molecular weight excluding hydrogens is 318 g/mol. The zero-order chi connectivity index (χ0) is 15.4. The molecule has 0 bridgehead atoms. The van der Waals surface area contributed by atoms with Crippen LogP contribution in [0.4, 0.5) is 0 Å². The third-order valence-electron chi connectivity index (χ3n) is 2.92. The molecule has 0 aliphatic heterocycles. The Balaban J connectivity index is 2.57. The van der Waals surface area contributed by atoms with Crippen molar-refractivity contribution in [3.8, 4) is 0 Å². The zero-order valence-corrected chi connectivity index (χ0v) is 12.0. The number of hydrogen-bond acceptors (Lipinski definition) is 8. The first kappa shape index (κ1) is 17.6. The van der Waals surface area contributed by atoms with Crippen LogP contribution in [0.5, 0.6) is 0 Å². The maximum absolute atomic E-state index is 11.5. The van der Waals surface area contributed by atoms with Gasteiger partial charge in [0.05, 0.1) is 18.6 Å². The van der Waals surface area contributed by atoms with E-state index in [4.69, 9.17) is 15.3 Å². The van der Waals surface area contributed by atoms with Crippen LogP contribution < -0.4 is 0 Å². The normalized spacial score (nSPS) is 21.9. The molecule has 10 nitrogen and oxygen atoms in total. The van der Waals surface area contributed by atoms with E-state index in [1.807, 2.05) is 0 Å². The Kier molecular flexibility index (Phi) is 6.18. The minimum atomic E-state index is -4.59. The maximum Gasteiger partial charge on any atom is 0.635 e. The van der Waals surface area contributed by atoms with Gasteiger partial charge >= 0.3 is 21.0 Å². The number of aliphatic hydroxyl groups is 1. The van der Waals surface area contributed by atoms with Gasteiger partial charge in [0.1, 0.15) is 0 Å². The highest BCUT2D eigenvalue weighted by molar-refractivity contribution is 8.20. The van der Waals surface area contributed by atoms with Crippen LogP contribution in [-0.4, -0.2) is 38.5 Å². The summed E-state index contributed by atoms with van der Waals surface area (Å²) < 4.78 is 30.6. The van der Waals surface area contributed by atoms with Gasteiger partial charge < -0.3 is 10.2 Å². The van der Waals surface area contributed by atoms with Crippen LogP contribution in [0.25, 0.3) is 0 Å². The van der Waals surface area contributed by atoms with Gasteiger partial charge in [0.2, 0.25) is 0 Å². The van der Waals surface area contributed by atoms with Gasteiger partial charge in [0, 0.05) is 6.42 Å². The predicted octanol–water partition coefficient (Wildman–Crippen LogP) is 1.27. The summed E-state index contributed by atoms with van der Waals surface area (Å²) >= 11 is 0. The molecule has 0 heterocycles. The van der Waals surface area contributed by atoms with E-state index in [1.165, 1.54) is 0 Å². The largest absolute Gasteiger partial charge is 0.635 e. The first-order valence-corrected chi connectivity index (χ1v) is 9.05. The molecule has 1 saturated carbocycles. The van der Waals surface area contributed by atoms with Crippen molar-refractivity contribution in [2.45, 2.75) is 31.3 Å². The summed E-state index contributed by atoms with van der Waals surface area (Å²) in [7, 11) is -8.02. The van der Waals surface area contributed by atoms with Crippen molar-refractivity contribution in [3.63, 3.8) is 0 Å². The molecule has 3 unspecified atom stereocenters. The summed E-state index contributed by atoms with van der Waals surface area (Å²) in [4.78, 5) is 19.4. The summed E-state index contributed by atoms with van der Waals surface area (Å²) in [6, 6.07) is 0. The number of carbonyl (C=O) groups is 1. The highest BCUT2D eigenvalue weighted by atomic mass is 32.1. The van der Waals surface area contributed by atoms with Gasteiger partial charge in [-0.1, -0.05) is 9.71 Å². The molecule has 1 aliphatic carbocycles. The highest BCUT2D eigenvalue weighted by Crippen LogP contribution is 2.68. The van der Waals surface area contributed by atoms with Crippen LogP contribution in [0.3, 0.4) is 0 Å². The maximum atomic E-state index is 11.5. The molecular formula is C8H15O10P2+. The topological polar surface area (TPSA) is 160 Å². The summed E-state index contributed by atoms with van der Waals surface area (Å²) in [6.45, 7) is -0.497. The second-order valence-electron chi connectivity index (χ2n) is 4.40. The smallest absolute Gasteiger partial charge is 0.481 e. The van der Waals surface area contributed by atoms with Crippen LogP contribution >= 0.6 is 15.0 Å². The molecule has 0 amide bonds. The lowest BCUT2D eigenvalue weighted by atomic mass is 9.90. The van der Waals surface area contributed by atoms with E-state index >= 15 is 0 Å². The summed E-state index contributed by atoms with van der Waals surface area (Å²) in [6.07, 6.45) is 0.581. The lowest BCUT2D eigenvalue weighted by Crippen LogP contribution is -2.35. The molecule has 1 rings (SSSR count). The fourth-order valence-electron chi connectivity index (χ4n) is 1.80. The van der Waals surface area contributed by atoms with Gasteiger partial charge in [0.15, 0.2) is 0 Å². The van der Waals surface area contributed by atoms with Crippen molar-refractivity contribution < 1.29 is 48.5 Å². The Morgan fingerprint density at radius 3 is 2.45 bits per heavy atom. The molecule has 12 heteroatoms. The first-order valence-electron chi connectivity index (χ1n) is 5.59. The third kappa shape index (κ3) is 4.83. The molecule has 0 saturated heterocycles.